The number of benzene rings is 2. The van der Waals surface area contributed by atoms with Crippen LogP contribution in [0.15, 0.2) is 59.4 Å². The van der Waals surface area contributed by atoms with E-state index < -0.39 is 103 Å². The Hall–Kier alpha value is -7.89. The topological polar surface area (TPSA) is 306 Å². The number of aryl methyl sites for hydroxylation is 1. The van der Waals surface area contributed by atoms with Gasteiger partial charge >= 0.3 is 5.97 Å². The summed E-state index contributed by atoms with van der Waals surface area (Å²) in [5, 5.41) is 37.7. The number of hydrogen-bond donors (Lipinski definition) is 8. The summed E-state index contributed by atoms with van der Waals surface area (Å²) in [6, 6.07) is 9.93. The fourth-order valence-corrected chi connectivity index (χ4v) is 10.8. The molecule has 5 aliphatic rings. The average Bonchev–Trinajstić information content (AvgIpc) is 4.11. The highest BCUT2D eigenvalue weighted by atomic mass is 19.1. The Morgan fingerprint density at radius 3 is 2.36 bits per heavy atom. The molecule has 0 saturated heterocycles. The van der Waals surface area contributed by atoms with Crippen molar-refractivity contribution in [3.05, 3.63) is 110 Å². The van der Waals surface area contributed by atoms with Crippen LogP contribution in [0.1, 0.15) is 110 Å². The van der Waals surface area contributed by atoms with E-state index in [9.17, 15) is 53.4 Å². The number of aliphatic hydroxyl groups is 2. The lowest BCUT2D eigenvalue weighted by Crippen LogP contribution is -2.56. The third kappa shape index (κ3) is 11.1. The number of esters is 1. The molecule has 1 unspecified atom stereocenters. The first kappa shape index (κ1) is 54.9. The van der Waals surface area contributed by atoms with Crippen molar-refractivity contribution in [3.8, 4) is 11.4 Å². The molecule has 9 rings (SSSR count). The normalized spacial score (nSPS) is 19.6. The molecule has 5 heterocycles. The largest absolute Gasteiger partial charge is 0.458 e. The number of aromatic nitrogens is 2. The van der Waals surface area contributed by atoms with E-state index in [1.54, 1.807) is 50.2 Å². The Morgan fingerprint density at radius 2 is 1.64 bits per heavy atom. The fraction of sp³-hybridized carbons (Fsp3) is 0.455. The van der Waals surface area contributed by atoms with Crippen molar-refractivity contribution in [1.29, 1.82) is 0 Å². The number of cyclic esters (lactones) is 1. The lowest BCUT2D eigenvalue weighted by atomic mass is 9.77. The third-order valence-corrected chi connectivity index (χ3v) is 15.4. The number of nitrogens with zero attached hydrogens (tertiary/aromatic N) is 3. The van der Waals surface area contributed by atoms with Crippen LogP contribution in [0.3, 0.4) is 0 Å². The maximum atomic E-state index is 15.5. The summed E-state index contributed by atoms with van der Waals surface area (Å²) in [7, 11) is 0. The van der Waals surface area contributed by atoms with Crippen molar-refractivity contribution >= 4 is 58.2 Å². The fourth-order valence-electron chi connectivity index (χ4n) is 10.8. The standard InChI is InChI=1S/C55H62FN9O13/c1-3-55(76)35-22-40-49-33(27-65(40)51(73)34(35)28-77-53(55)75)48-37(15-14-32-30(2)36(56)23-38(62-49)47(32)48)63-52(74)54(18-10-19-54)78-29-60-43(68)25-59-50(72)39(21-31-11-6-4-7-12-31)61-44(69)26-58-42(67)24-57-41(66)13-8-5-9-20-64-45(70)16-17-46(64)71/h4,6-7,11-12,16-17,22-23,37,39,45,70,76H,3,5,8-10,13-15,18-21,24-29H2,1-2H3,(H,57,66)(H,58,67)(H,59,72)(H,60,68)(H,61,69)(H,63,74)/t37-,39-,45?,55-/m0/s1. The molecule has 0 bridgehead atoms. The number of halogens is 1. The lowest BCUT2D eigenvalue weighted by Gasteiger charge is -2.41. The van der Waals surface area contributed by atoms with Gasteiger partial charge in [-0.2, -0.15) is 0 Å². The molecule has 8 N–H and O–H groups in total. The molecule has 4 aromatic rings. The molecule has 2 aromatic heterocycles. The Kier molecular flexibility index (Phi) is 16.2. The summed E-state index contributed by atoms with van der Waals surface area (Å²) in [5.74, 6) is -5.11. The number of pyridine rings is 2. The van der Waals surface area contributed by atoms with E-state index in [1.807, 2.05) is 0 Å². The van der Waals surface area contributed by atoms with Gasteiger partial charge in [0.2, 0.25) is 35.4 Å². The van der Waals surface area contributed by atoms with Gasteiger partial charge in [-0.3, -0.25) is 38.4 Å². The maximum Gasteiger partial charge on any atom is 0.343 e. The third-order valence-electron chi connectivity index (χ3n) is 15.4. The highest BCUT2D eigenvalue weighted by Gasteiger charge is 2.48. The minimum absolute atomic E-state index is 0.0433. The number of carbonyl (C=O) groups excluding carboxylic acids is 8. The molecule has 1 fully saturated rings. The first-order valence-electron chi connectivity index (χ1n) is 26.3. The summed E-state index contributed by atoms with van der Waals surface area (Å²) in [5.41, 5.74) is 0.648. The summed E-state index contributed by atoms with van der Waals surface area (Å²) in [6.45, 7) is 1.57. The first-order chi connectivity index (χ1) is 37.4. The van der Waals surface area contributed by atoms with Crippen molar-refractivity contribution < 1.29 is 62.4 Å². The zero-order valence-corrected chi connectivity index (χ0v) is 43.3. The van der Waals surface area contributed by atoms with Crippen LogP contribution in [0.4, 0.5) is 4.39 Å². The molecule has 78 heavy (non-hydrogen) atoms. The highest BCUT2D eigenvalue weighted by molar-refractivity contribution is 5.96. The number of aliphatic hydroxyl groups excluding tert-OH is 1. The van der Waals surface area contributed by atoms with Crippen LogP contribution in [0.5, 0.6) is 0 Å². The van der Waals surface area contributed by atoms with Gasteiger partial charge in [0.05, 0.1) is 54.7 Å². The van der Waals surface area contributed by atoms with Crippen LogP contribution in [-0.2, 0) is 79.4 Å². The number of fused-ring (bicyclic) bond motifs is 5. The van der Waals surface area contributed by atoms with Crippen LogP contribution in [0.25, 0.3) is 22.3 Å². The van der Waals surface area contributed by atoms with Gasteiger partial charge in [0.25, 0.3) is 11.5 Å². The van der Waals surface area contributed by atoms with Gasteiger partial charge in [0.1, 0.15) is 37.0 Å². The molecule has 1 saturated carbocycles. The van der Waals surface area contributed by atoms with Crippen molar-refractivity contribution in [1.82, 2.24) is 46.4 Å². The quantitative estimate of drug-likeness (QED) is 0.0273. The van der Waals surface area contributed by atoms with Crippen molar-refractivity contribution in [2.75, 3.05) is 32.9 Å². The van der Waals surface area contributed by atoms with Crippen LogP contribution >= 0.6 is 0 Å². The van der Waals surface area contributed by atoms with Crippen LogP contribution in [0, 0.1) is 12.7 Å². The van der Waals surface area contributed by atoms with Crippen molar-refractivity contribution in [3.63, 3.8) is 0 Å². The van der Waals surface area contributed by atoms with E-state index in [0.717, 1.165) is 5.56 Å². The summed E-state index contributed by atoms with van der Waals surface area (Å²) >= 11 is 0. The van der Waals surface area contributed by atoms with E-state index in [4.69, 9.17) is 14.5 Å². The highest BCUT2D eigenvalue weighted by Crippen LogP contribution is 2.47. The second kappa shape index (κ2) is 23.0. The molecule has 2 aliphatic carbocycles. The maximum absolute atomic E-state index is 15.5. The summed E-state index contributed by atoms with van der Waals surface area (Å²) < 4.78 is 28.4. The monoisotopic (exact) mass is 1080 g/mol. The summed E-state index contributed by atoms with van der Waals surface area (Å²) in [6.07, 6.45) is 5.69. The molecular formula is C55H62FN9O13. The van der Waals surface area contributed by atoms with Gasteiger partial charge in [-0.1, -0.05) is 43.7 Å². The lowest BCUT2D eigenvalue weighted by molar-refractivity contribution is -0.172. The Labute approximate surface area is 446 Å². The number of rotatable bonds is 22. The van der Waals surface area contributed by atoms with Crippen molar-refractivity contribution in [2.45, 2.75) is 127 Å². The average molecular weight is 1080 g/mol. The molecule has 0 spiro atoms. The number of nitrogens with one attached hydrogen (secondary N) is 6. The summed E-state index contributed by atoms with van der Waals surface area (Å²) in [4.78, 5) is 124. The molecule has 22 nitrogen and oxygen atoms in total. The molecule has 4 atom stereocenters. The minimum atomic E-state index is -2.05. The van der Waals surface area contributed by atoms with Gasteiger partial charge < -0.3 is 61.1 Å². The van der Waals surface area contributed by atoms with Crippen molar-refractivity contribution in [2.24, 2.45) is 0 Å². The second-order valence-electron chi connectivity index (χ2n) is 20.3. The van der Waals surface area contributed by atoms with Gasteiger partial charge in [0.15, 0.2) is 5.60 Å². The molecule has 2 aromatic carbocycles. The van der Waals surface area contributed by atoms with Gasteiger partial charge in [0, 0.05) is 48.0 Å². The number of hydrogen-bond acceptors (Lipinski definition) is 14. The van der Waals surface area contributed by atoms with E-state index in [2.05, 4.69) is 31.9 Å². The van der Waals surface area contributed by atoms with E-state index in [0.29, 0.717) is 102 Å². The molecule has 412 valence electrons. The van der Waals surface area contributed by atoms with E-state index in [-0.39, 0.29) is 55.4 Å². The Balaban J connectivity index is 0.779. The molecule has 7 amide bonds. The number of carbonyl (C=O) groups is 8. The minimum Gasteiger partial charge on any atom is -0.458 e. The zero-order chi connectivity index (χ0) is 55.5. The van der Waals surface area contributed by atoms with Gasteiger partial charge in [-0.25, -0.2) is 14.2 Å². The Morgan fingerprint density at radius 1 is 0.910 bits per heavy atom. The van der Waals surface area contributed by atoms with Gasteiger partial charge in [-0.05, 0) is 92.7 Å². The molecule has 23 heteroatoms. The van der Waals surface area contributed by atoms with Crippen LogP contribution in [-0.4, -0.2) is 123 Å². The molecule has 0 radical (unpaired) electrons. The molecule has 3 aliphatic heterocycles. The van der Waals surface area contributed by atoms with E-state index in [1.165, 1.54) is 27.7 Å². The molecular weight excluding hydrogens is 1010 g/mol. The predicted octanol–water partition coefficient (Wildman–Crippen LogP) is 0.997. The second-order valence-corrected chi connectivity index (χ2v) is 20.3. The number of ether oxygens (including phenoxy) is 2. The Bertz CT molecular complexity index is 3200. The van der Waals surface area contributed by atoms with Crippen LogP contribution in [0.2, 0.25) is 0 Å². The van der Waals surface area contributed by atoms with Gasteiger partial charge in [-0.15, -0.1) is 0 Å². The van der Waals surface area contributed by atoms with E-state index >= 15 is 4.39 Å². The zero-order valence-electron chi connectivity index (χ0n) is 43.3. The van der Waals surface area contributed by atoms with Crippen LogP contribution < -0.4 is 37.5 Å². The number of unbranched alkanes of at least 4 members (excludes halogenated alkanes) is 2. The SMILES string of the molecule is CC[C@@]1(O)C(=O)OCc2c1cc1n(c2=O)Cc2c-1nc1cc(F)c(C)c3c1c2[C@@H](NC(=O)C1(OCNC(=O)CNC(=O)[C@H](Cc2ccccc2)NC(=O)CNC(=O)CNC(=O)CCCCCN2C(=O)C=CC2O)CCC1)CC3. The number of amides is 7. The first-order valence-corrected chi connectivity index (χ1v) is 26.3. The smallest absolute Gasteiger partial charge is 0.343 e. The predicted molar refractivity (Wildman–Crippen MR) is 276 cm³/mol.